The van der Waals surface area contributed by atoms with Crippen molar-refractivity contribution in [2.24, 2.45) is 0 Å². The summed E-state index contributed by atoms with van der Waals surface area (Å²) in [5.41, 5.74) is 0.444. The number of halogens is 2. The number of rotatable bonds is 8. The van der Waals surface area contributed by atoms with Crippen molar-refractivity contribution in [3.8, 4) is 0 Å². The predicted octanol–water partition coefficient (Wildman–Crippen LogP) is 1.18. The van der Waals surface area contributed by atoms with Crippen LogP contribution in [0.1, 0.15) is 5.56 Å². The molecule has 0 heterocycles. The van der Waals surface area contributed by atoms with E-state index in [4.69, 9.17) is 27.9 Å². The van der Waals surface area contributed by atoms with Crippen LogP contribution in [0.5, 0.6) is 0 Å². The van der Waals surface area contributed by atoms with Gasteiger partial charge in [-0.15, -0.1) is 0 Å². The summed E-state index contributed by atoms with van der Waals surface area (Å²) in [7, 11) is -2.15. The first kappa shape index (κ1) is 18.2. The standard InChI is InChI=1S/C12H16Cl2N2O4S/c1-20-3-2-15-12(17)7-16-21(18,19)8-9-4-10(13)6-11(14)5-9/h4-6,16H,2-3,7-8H2,1H3,(H,15,17). The summed E-state index contributed by atoms with van der Waals surface area (Å²) in [5, 5.41) is 3.21. The Morgan fingerprint density at radius 2 is 1.86 bits per heavy atom. The van der Waals surface area contributed by atoms with Gasteiger partial charge in [-0.25, -0.2) is 13.1 Å². The van der Waals surface area contributed by atoms with E-state index in [1.54, 1.807) is 0 Å². The van der Waals surface area contributed by atoms with Crippen molar-refractivity contribution in [1.82, 2.24) is 10.0 Å². The number of carbonyl (C=O) groups is 1. The Kier molecular flexibility index (Phi) is 7.41. The summed E-state index contributed by atoms with van der Waals surface area (Å²) >= 11 is 11.6. The van der Waals surface area contributed by atoms with Crippen molar-refractivity contribution in [2.75, 3.05) is 26.8 Å². The fraction of sp³-hybridized carbons (Fsp3) is 0.417. The molecular formula is C12H16Cl2N2O4S. The molecule has 0 saturated carbocycles. The lowest BCUT2D eigenvalue weighted by atomic mass is 10.2. The highest BCUT2D eigenvalue weighted by atomic mass is 35.5. The molecule has 0 radical (unpaired) electrons. The molecule has 0 unspecified atom stereocenters. The van der Waals surface area contributed by atoms with Gasteiger partial charge in [0.1, 0.15) is 0 Å². The molecule has 1 rings (SSSR count). The van der Waals surface area contributed by atoms with Crippen LogP contribution in [0.4, 0.5) is 0 Å². The summed E-state index contributed by atoms with van der Waals surface area (Å²) in [6.07, 6.45) is 0. The Hall–Kier alpha value is -0.860. The zero-order valence-corrected chi connectivity index (χ0v) is 13.7. The third kappa shape index (κ3) is 7.63. The SMILES string of the molecule is COCCNC(=O)CNS(=O)(=O)Cc1cc(Cl)cc(Cl)c1. The van der Waals surface area contributed by atoms with E-state index in [0.717, 1.165) is 0 Å². The maximum absolute atomic E-state index is 11.9. The van der Waals surface area contributed by atoms with Gasteiger partial charge >= 0.3 is 0 Å². The third-order valence-electron chi connectivity index (χ3n) is 2.36. The Balaban J connectivity index is 2.52. The topological polar surface area (TPSA) is 84.5 Å². The van der Waals surface area contributed by atoms with Crippen LogP contribution in [0.3, 0.4) is 0 Å². The van der Waals surface area contributed by atoms with Gasteiger partial charge in [0.25, 0.3) is 0 Å². The molecule has 6 nitrogen and oxygen atoms in total. The molecule has 0 spiro atoms. The number of amides is 1. The molecule has 21 heavy (non-hydrogen) atoms. The average Bonchev–Trinajstić information content (AvgIpc) is 2.35. The van der Waals surface area contributed by atoms with Crippen molar-refractivity contribution in [1.29, 1.82) is 0 Å². The maximum atomic E-state index is 11.9. The molecule has 0 fully saturated rings. The van der Waals surface area contributed by atoms with Gasteiger partial charge in [-0.05, 0) is 23.8 Å². The summed E-state index contributed by atoms with van der Waals surface area (Å²) in [5.74, 6) is -0.738. The molecule has 0 aliphatic heterocycles. The highest BCUT2D eigenvalue weighted by molar-refractivity contribution is 7.88. The number of methoxy groups -OCH3 is 1. The second-order valence-electron chi connectivity index (χ2n) is 4.20. The third-order valence-corrected chi connectivity index (χ3v) is 4.09. The van der Waals surface area contributed by atoms with E-state index in [0.29, 0.717) is 28.8 Å². The quantitative estimate of drug-likeness (QED) is 0.686. The summed E-state index contributed by atoms with van der Waals surface area (Å²) in [6.45, 7) is 0.348. The summed E-state index contributed by atoms with van der Waals surface area (Å²) in [6, 6.07) is 4.52. The number of carbonyl (C=O) groups excluding carboxylic acids is 1. The van der Waals surface area contributed by atoms with Crippen LogP contribution in [0.15, 0.2) is 18.2 Å². The van der Waals surface area contributed by atoms with Gasteiger partial charge in [-0.3, -0.25) is 4.79 Å². The van der Waals surface area contributed by atoms with Gasteiger partial charge in [0, 0.05) is 23.7 Å². The van der Waals surface area contributed by atoms with Gasteiger partial charge in [0.2, 0.25) is 15.9 Å². The number of benzene rings is 1. The number of hydrogen-bond acceptors (Lipinski definition) is 4. The number of hydrogen-bond donors (Lipinski definition) is 2. The molecule has 0 bridgehead atoms. The molecular weight excluding hydrogens is 339 g/mol. The van der Waals surface area contributed by atoms with Crippen LogP contribution in [-0.2, 0) is 25.3 Å². The van der Waals surface area contributed by atoms with E-state index >= 15 is 0 Å². The van der Waals surface area contributed by atoms with Gasteiger partial charge in [0.05, 0.1) is 18.9 Å². The molecule has 0 aliphatic rings. The molecule has 0 saturated heterocycles. The molecule has 118 valence electrons. The van der Waals surface area contributed by atoms with Crippen LogP contribution < -0.4 is 10.0 Å². The molecule has 0 aliphatic carbocycles. The highest BCUT2D eigenvalue weighted by Gasteiger charge is 2.14. The van der Waals surface area contributed by atoms with Gasteiger partial charge in [-0.2, -0.15) is 0 Å². The minimum Gasteiger partial charge on any atom is -0.383 e. The van der Waals surface area contributed by atoms with E-state index in [1.807, 2.05) is 0 Å². The lowest BCUT2D eigenvalue weighted by Crippen LogP contribution is -2.38. The highest BCUT2D eigenvalue weighted by Crippen LogP contribution is 2.20. The minimum absolute atomic E-state index is 0.307. The Labute approximate surface area is 133 Å². The van der Waals surface area contributed by atoms with Crippen LogP contribution in [0, 0.1) is 0 Å². The van der Waals surface area contributed by atoms with E-state index < -0.39 is 15.9 Å². The van der Waals surface area contributed by atoms with Crippen molar-refractivity contribution in [2.45, 2.75) is 5.75 Å². The first-order valence-corrected chi connectivity index (χ1v) is 8.41. The van der Waals surface area contributed by atoms with Crippen LogP contribution in [0.2, 0.25) is 10.0 Å². The Bertz CT molecular complexity index is 573. The fourth-order valence-corrected chi connectivity index (χ4v) is 3.13. The van der Waals surface area contributed by atoms with E-state index in [2.05, 4.69) is 10.0 Å². The van der Waals surface area contributed by atoms with Gasteiger partial charge in [0.15, 0.2) is 0 Å². The second-order valence-corrected chi connectivity index (χ2v) is 6.88. The zero-order chi connectivity index (χ0) is 15.9. The van der Waals surface area contributed by atoms with E-state index in [1.165, 1.54) is 25.3 Å². The van der Waals surface area contributed by atoms with Crippen molar-refractivity contribution in [3.63, 3.8) is 0 Å². The maximum Gasteiger partial charge on any atom is 0.235 e. The van der Waals surface area contributed by atoms with E-state index in [9.17, 15) is 13.2 Å². The van der Waals surface area contributed by atoms with E-state index in [-0.39, 0.29) is 12.3 Å². The fourth-order valence-electron chi connectivity index (χ4n) is 1.50. The molecule has 9 heteroatoms. The zero-order valence-electron chi connectivity index (χ0n) is 11.4. The predicted molar refractivity (Wildman–Crippen MR) is 82.0 cm³/mol. The lowest BCUT2D eigenvalue weighted by Gasteiger charge is -2.08. The molecule has 1 aromatic rings. The number of sulfonamides is 1. The largest absolute Gasteiger partial charge is 0.383 e. The van der Waals surface area contributed by atoms with Gasteiger partial charge < -0.3 is 10.1 Å². The molecule has 0 atom stereocenters. The molecule has 1 amide bonds. The molecule has 0 aromatic heterocycles. The first-order valence-electron chi connectivity index (χ1n) is 6.00. The second kappa shape index (κ2) is 8.55. The first-order chi connectivity index (χ1) is 9.82. The van der Waals surface area contributed by atoms with Crippen LogP contribution >= 0.6 is 23.2 Å². The summed E-state index contributed by atoms with van der Waals surface area (Å²) in [4.78, 5) is 11.4. The van der Waals surface area contributed by atoms with Crippen LogP contribution in [-0.4, -0.2) is 41.1 Å². The van der Waals surface area contributed by atoms with Crippen molar-refractivity contribution in [3.05, 3.63) is 33.8 Å². The molecule has 2 N–H and O–H groups in total. The van der Waals surface area contributed by atoms with Crippen molar-refractivity contribution < 1.29 is 17.9 Å². The van der Waals surface area contributed by atoms with Gasteiger partial charge in [-0.1, -0.05) is 23.2 Å². The van der Waals surface area contributed by atoms with Crippen molar-refractivity contribution >= 4 is 39.1 Å². The van der Waals surface area contributed by atoms with Crippen LogP contribution in [0.25, 0.3) is 0 Å². The smallest absolute Gasteiger partial charge is 0.235 e. The summed E-state index contributed by atoms with van der Waals surface area (Å²) < 4.78 is 30.7. The number of nitrogens with one attached hydrogen (secondary N) is 2. The lowest BCUT2D eigenvalue weighted by molar-refractivity contribution is -0.120. The number of ether oxygens (including phenoxy) is 1. The normalized spacial score (nSPS) is 11.4. The molecule has 1 aromatic carbocycles. The minimum atomic E-state index is -3.65. The Morgan fingerprint density at radius 3 is 2.43 bits per heavy atom. The monoisotopic (exact) mass is 354 g/mol. The average molecular weight is 355 g/mol. The Morgan fingerprint density at radius 1 is 1.24 bits per heavy atom.